The lowest BCUT2D eigenvalue weighted by Gasteiger charge is -2.10. The highest BCUT2D eigenvalue weighted by atomic mass is 79.9. The van der Waals surface area contributed by atoms with Crippen molar-refractivity contribution in [1.82, 2.24) is 15.5 Å². The van der Waals surface area contributed by atoms with E-state index >= 15 is 0 Å². The highest BCUT2D eigenvalue weighted by molar-refractivity contribution is 9.10. The summed E-state index contributed by atoms with van der Waals surface area (Å²) >= 11 is 5.04. The molecule has 0 saturated carbocycles. The summed E-state index contributed by atoms with van der Waals surface area (Å²) in [5.41, 5.74) is 2.82. The Balaban J connectivity index is 1.69. The van der Waals surface area contributed by atoms with E-state index in [2.05, 4.69) is 31.4 Å². The number of nitrogens with zero attached hydrogens (tertiary/aromatic N) is 1. The molecule has 100 valence electrons. The van der Waals surface area contributed by atoms with Gasteiger partial charge in [-0.05, 0) is 47.7 Å². The van der Waals surface area contributed by atoms with Crippen LogP contribution in [-0.2, 0) is 19.4 Å². The number of nitrogens with one attached hydrogen (secondary N) is 2. The van der Waals surface area contributed by atoms with E-state index in [1.165, 1.54) is 6.42 Å². The maximum atomic E-state index is 12.2. The minimum Gasteiger partial charge on any atom is -0.346 e. The topological polar surface area (TPSA) is 57.8 Å². The van der Waals surface area contributed by atoms with Crippen LogP contribution in [0.25, 0.3) is 0 Å². The van der Waals surface area contributed by atoms with E-state index in [9.17, 15) is 4.79 Å². The predicted octanol–water partition coefficient (Wildman–Crippen LogP) is 3.04. The SMILES string of the molecule is O=C(NCc1cc(Br)cs1)c1n[nH]c2c1CCCC2. The Kier molecular flexibility index (Phi) is 3.70. The maximum absolute atomic E-state index is 12.2. The fourth-order valence-electron chi connectivity index (χ4n) is 2.37. The van der Waals surface area contributed by atoms with Crippen molar-refractivity contribution < 1.29 is 4.79 Å². The molecule has 4 nitrogen and oxygen atoms in total. The lowest BCUT2D eigenvalue weighted by molar-refractivity contribution is 0.0945. The maximum Gasteiger partial charge on any atom is 0.272 e. The van der Waals surface area contributed by atoms with Crippen molar-refractivity contribution >= 4 is 33.2 Å². The molecule has 2 aromatic heterocycles. The van der Waals surface area contributed by atoms with Gasteiger partial charge in [-0.15, -0.1) is 11.3 Å². The van der Waals surface area contributed by atoms with Crippen LogP contribution >= 0.6 is 27.3 Å². The summed E-state index contributed by atoms with van der Waals surface area (Å²) in [6, 6.07) is 2.02. The third kappa shape index (κ3) is 2.74. The van der Waals surface area contributed by atoms with Crippen molar-refractivity contribution in [2.45, 2.75) is 32.2 Å². The van der Waals surface area contributed by atoms with Gasteiger partial charge in [-0.3, -0.25) is 9.89 Å². The number of aryl methyl sites for hydroxylation is 1. The molecule has 3 rings (SSSR count). The number of aromatic amines is 1. The van der Waals surface area contributed by atoms with Crippen LogP contribution in [0.3, 0.4) is 0 Å². The highest BCUT2D eigenvalue weighted by Gasteiger charge is 2.21. The molecule has 19 heavy (non-hydrogen) atoms. The summed E-state index contributed by atoms with van der Waals surface area (Å²) in [7, 11) is 0. The van der Waals surface area contributed by atoms with Gasteiger partial charge in [0.15, 0.2) is 5.69 Å². The van der Waals surface area contributed by atoms with Crippen LogP contribution in [0.5, 0.6) is 0 Å². The molecule has 0 spiro atoms. The Labute approximate surface area is 123 Å². The molecule has 0 atom stereocenters. The molecule has 1 aliphatic carbocycles. The van der Waals surface area contributed by atoms with E-state index < -0.39 is 0 Å². The Morgan fingerprint density at radius 3 is 3.11 bits per heavy atom. The van der Waals surface area contributed by atoms with Gasteiger partial charge >= 0.3 is 0 Å². The Morgan fingerprint density at radius 1 is 1.47 bits per heavy atom. The first kappa shape index (κ1) is 12.9. The molecule has 2 aromatic rings. The summed E-state index contributed by atoms with van der Waals surface area (Å²) in [5.74, 6) is -0.0797. The van der Waals surface area contributed by atoms with E-state index in [-0.39, 0.29) is 5.91 Å². The monoisotopic (exact) mass is 339 g/mol. The highest BCUT2D eigenvalue weighted by Crippen LogP contribution is 2.22. The van der Waals surface area contributed by atoms with Crippen LogP contribution in [0, 0.1) is 0 Å². The van der Waals surface area contributed by atoms with Crippen molar-refractivity contribution in [3.05, 3.63) is 37.7 Å². The molecule has 0 fully saturated rings. The third-order valence-corrected chi connectivity index (χ3v) is 5.01. The summed E-state index contributed by atoms with van der Waals surface area (Å²) in [6.45, 7) is 0.552. The minimum absolute atomic E-state index is 0.0797. The zero-order valence-electron chi connectivity index (χ0n) is 10.3. The van der Waals surface area contributed by atoms with Crippen LogP contribution < -0.4 is 5.32 Å². The molecule has 2 heterocycles. The molecular weight excluding hydrogens is 326 g/mol. The lowest BCUT2D eigenvalue weighted by Crippen LogP contribution is -2.24. The second-order valence-electron chi connectivity index (χ2n) is 4.65. The number of carbonyl (C=O) groups is 1. The second-order valence-corrected chi connectivity index (χ2v) is 6.56. The average Bonchev–Trinajstić information content (AvgIpc) is 3.02. The van der Waals surface area contributed by atoms with Gasteiger partial charge in [-0.25, -0.2) is 0 Å². The molecule has 0 unspecified atom stereocenters. The fourth-order valence-corrected chi connectivity index (χ4v) is 3.76. The first-order valence-corrected chi connectivity index (χ1v) is 7.98. The van der Waals surface area contributed by atoms with Gasteiger partial charge in [0.05, 0.1) is 6.54 Å². The van der Waals surface area contributed by atoms with Gasteiger partial charge in [0, 0.05) is 26.0 Å². The van der Waals surface area contributed by atoms with E-state index in [0.717, 1.165) is 39.9 Å². The van der Waals surface area contributed by atoms with Crippen LogP contribution in [0.15, 0.2) is 15.9 Å². The lowest BCUT2D eigenvalue weighted by atomic mass is 9.96. The second kappa shape index (κ2) is 5.46. The summed E-state index contributed by atoms with van der Waals surface area (Å²) < 4.78 is 1.05. The predicted molar refractivity (Wildman–Crippen MR) is 78.4 cm³/mol. The smallest absolute Gasteiger partial charge is 0.272 e. The number of aromatic nitrogens is 2. The number of amides is 1. The number of halogens is 1. The summed E-state index contributed by atoms with van der Waals surface area (Å²) in [6.07, 6.45) is 4.29. The van der Waals surface area contributed by atoms with Gasteiger partial charge in [0.25, 0.3) is 5.91 Å². The van der Waals surface area contributed by atoms with Crippen LogP contribution in [-0.4, -0.2) is 16.1 Å². The molecule has 0 radical (unpaired) electrons. The van der Waals surface area contributed by atoms with Crippen molar-refractivity contribution in [1.29, 1.82) is 0 Å². The molecule has 6 heteroatoms. The van der Waals surface area contributed by atoms with Crippen molar-refractivity contribution in [2.75, 3.05) is 0 Å². The van der Waals surface area contributed by atoms with Crippen LogP contribution in [0.1, 0.15) is 39.5 Å². The summed E-state index contributed by atoms with van der Waals surface area (Å²) in [5, 5.41) is 12.1. The zero-order chi connectivity index (χ0) is 13.2. The Hall–Kier alpha value is -1.14. The fraction of sp³-hybridized carbons (Fsp3) is 0.385. The standard InChI is InChI=1S/C13H14BrN3OS/c14-8-5-9(19-7-8)6-15-13(18)12-10-3-1-2-4-11(10)16-17-12/h5,7H,1-4,6H2,(H,15,18)(H,16,17). The average molecular weight is 340 g/mol. The van der Waals surface area contributed by atoms with Crippen molar-refractivity contribution in [3.63, 3.8) is 0 Å². The Bertz CT molecular complexity index is 605. The van der Waals surface area contributed by atoms with Crippen molar-refractivity contribution in [3.8, 4) is 0 Å². The van der Waals surface area contributed by atoms with E-state index in [0.29, 0.717) is 12.2 Å². The van der Waals surface area contributed by atoms with E-state index in [1.54, 1.807) is 11.3 Å². The van der Waals surface area contributed by atoms with Gasteiger partial charge in [-0.2, -0.15) is 5.10 Å². The first-order chi connectivity index (χ1) is 9.24. The molecule has 0 saturated heterocycles. The van der Waals surface area contributed by atoms with Gasteiger partial charge in [0.1, 0.15) is 0 Å². The number of H-pyrrole nitrogens is 1. The number of thiophene rings is 1. The number of carbonyl (C=O) groups excluding carboxylic acids is 1. The third-order valence-electron chi connectivity index (χ3n) is 3.32. The van der Waals surface area contributed by atoms with Crippen LogP contribution in [0.4, 0.5) is 0 Å². The van der Waals surface area contributed by atoms with E-state index in [1.807, 2.05) is 11.4 Å². The molecule has 0 aromatic carbocycles. The molecule has 0 bridgehead atoms. The minimum atomic E-state index is -0.0797. The first-order valence-electron chi connectivity index (χ1n) is 6.31. The number of hydrogen-bond donors (Lipinski definition) is 2. The zero-order valence-corrected chi connectivity index (χ0v) is 12.7. The molecule has 1 amide bonds. The van der Waals surface area contributed by atoms with Gasteiger partial charge in [0.2, 0.25) is 0 Å². The molecular formula is C13H14BrN3OS. The Morgan fingerprint density at radius 2 is 2.32 bits per heavy atom. The molecule has 1 aliphatic rings. The number of fused-ring (bicyclic) bond motifs is 1. The number of rotatable bonds is 3. The van der Waals surface area contributed by atoms with Gasteiger partial charge < -0.3 is 5.32 Å². The van der Waals surface area contributed by atoms with Crippen LogP contribution in [0.2, 0.25) is 0 Å². The van der Waals surface area contributed by atoms with Crippen molar-refractivity contribution in [2.24, 2.45) is 0 Å². The van der Waals surface area contributed by atoms with Gasteiger partial charge in [-0.1, -0.05) is 0 Å². The molecule has 0 aliphatic heterocycles. The normalized spacial score (nSPS) is 14.2. The quantitative estimate of drug-likeness (QED) is 0.902. The largest absolute Gasteiger partial charge is 0.346 e. The molecule has 2 N–H and O–H groups in total. The summed E-state index contributed by atoms with van der Waals surface area (Å²) in [4.78, 5) is 13.3. The number of hydrogen-bond acceptors (Lipinski definition) is 3. The van der Waals surface area contributed by atoms with E-state index in [4.69, 9.17) is 0 Å².